The van der Waals surface area contributed by atoms with Crippen LogP contribution < -0.4 is 5.32 Å². The molecule has 0 aliphatic carbocycles. The van der Waals surface area contributed by atoms with Crippen molar-refractivity contribution < 1.29 is 17.6 Å². The van der Waals surface area contributed by atoms with Crippen molar-refractivity contribution in [3.05, 3.63) is 78.1 Å². The molecule has 7 heteroatoms. The van der Waals surface area contributed by atoms with E-state index in [1.807, 2.05) is 18.2 Å². The van der Waals surface area contributed by atoms with Crippen LogP contribution in [0, 0.1) is 11.7 Å². The Morgan fingerprint density at radius 3 is 2.42 bits per heavy atom. The van der Waals surface area contributed by atoms with Gasteiger partial charge in [0, 0.05) is 25.6 Å². The van der Waals surface area contributed by atoms with Gasteiger partial charge in [0.2, 0.25) is 15.9 Å². The van der Waals surface area contributed by atoms with Crippen LogP contribution in [0.2, 0.25) is 0 Å². The summed E-state index contributed by atoms with van der Waals surface area (Å²) in [5.74, 6) is -1.04. The van der Waals surface area contributed by atoms with Crippen molar-refractivity contribution in [2.75, 3.05) is 19.6 Å². The summed E-state index contributed by atoms with van der Waals surface area (Å²) in [6.07, 6.45) is 1.58. The zero-order chi connectivity index (χ0) is 21.8. The van der Waals surface area contributed by atoms with Gasteiger partial charge in [0.15, 0.2) is 0 Å². The number of nitrogens with zero attached hydrogens (tertiary/aromatic N) is 1. The molecular formula is C24H25FN2O3S. The average Bonchev–Trinajstić information content (AvgIpc) is 2.79. The molecule has 5 nitrogen and oxygen atoms in total. The normalized spacial score (nSPS) is 15.8. The molecule has 3 aromatic rings. The molecule has 1 amide bonds. The van der Waals surface area contributed by atoms with E-state index >= 15 is 0 Å². The van der Waals surface area contributed by atoms with E-state index in [-0.39, 0.29) is 29.8 Å². The van der Waals surface area contributed by atoms with Crippen LogP contribution >= 0.6 is 0 Å². The lowest BCUT2D eigenvalue weighted by Crippen LogP contribution is -2.43. The number of carbonyl (C=O) groups is 1. The Hall–Kier alpha value is -2.77. The summed E-state index contributed by atoms with van der Waals surface area (Å²) in [4.78, 5) is 12.3. The number of halogens is 1. The maximum atomic E-state index is 14.0. The Kier molecular flexibility index (Phi) is 6.34. The molecule has 0 aromatic heterocycles. The molecule has 1 saturated heterocycles. The molecule has 4 rings (SSSR count). The first-order valence-electron chi connectivity index (χ1n) is 10.5. The van der Waals surface area contributed by atoms with E-state index < -0.39 is 15.8 Å². The van der Waals surface area contributed by atoms with Gasteiger partial charge in [0.1, 0.15) is 10.7 Å². The molecule has 1 aliphatic rings. The van der Waals surface area contributed by atoms with Crippen LogP contribution in [0.5, 0.6) is 0 Å². The average molecular weight is 441 g/mol. The monoisotopic (exact) mass is 440 g/mol. The van der Waals surface area contributed by atoms with E-state index in [4.69, 9.17) is 0 Å². The minimum absolute atomic E-state index is 0.0526. The fourth-order valence-electron chi connectivity index (χ4n) is 4.13. The highest BCUT2D eigenvalue weighted by atomic mass is 32.2. The van der Waals surface area contributed by atoms with E-state index in [0.29, 0.717) is 19.4 Å². The molecule has 1 heterocycles. The van der Waals surface area contributed by atoms with Crippen molar-refractivity contribution in [1.29, 1.82) is 0 Å². The largest absolute Gasteiger partial charge is 0.356 e. The van der Waals surface area contributed by atoms with E-state index in [1.54, 1.807) is 0 Å². The zero-order valence-corrected chi connectivity index (χ0v) is 17.9. The third-order valence-corrected chi connectivity index (χ3v) is 7.78. The Balaban J connectivity index is 1.31. The zero-order valence-electron chi connectivity index (χ0n) is 17.1. The van der Waals surface area contributed by atoms with Gasteiger partial charge in [-0.15, -0.1) is 0 Å². The highest BCUT2D eigenvalue weighted by Gasteiger charge is 2.33. The fraction of sp³-hybridized carbons (Fsp3) is 0.292. The van der Waals surface area contributed by atoms with Crippen molar-refractivity contribution in [2.45, 2.75) is 24.2 Å². The summed E-state index contributed by atoms with van der Waals surface area (Å²) in [6.45, 7) is 0.941. The van der Waals surface area contributed by atoms with Crippen LogP contribution in [0.25, 0.3) is 10.8 Å². The van der Waals surface area contributed by atoms with Gasteiger partial charge in [-0.05, 0) is 47.7 Å². The lowest BCUT2D eigenvalue weighted by Gasteiger charge is -2.30. The van der Waals surface area contributed by atoms with Crippen LogP contribution in [0.3, 0.4) is 0 Å². The molecule has 31 heavy (non-hydrogen) atoms. The Morgan fingerprint density at radius 1 is 0.968 bits per heavy atom. The molecule has 0 unspecified atom stereocenters. The quantitative estimate of drug-likeness (QED) is 0.635. The Morgan fingerprint density at radius 2 is 1.65 bits per heavy atom. The summed E-state index contributed by atoms with van der Waals surface area (Å²) < 4.78 is 40.6. The summed E-state index contributed by atoms with van der Waals surface area (Å²) in [7, 11) is -3.89. The minimum Gasteiger partial charge on any atom is -0.356 e. The number of rotatable bonds is 6. The van der Waals surface area contributed by atoms with E-state index in [0.717, 1.165) is 12.5 Å². The standard InChI is InChI=1S/C24H25FN2O3S/c25-22-10-3-4-11-23(22)31(29,30)27-16-13-20(14-17-27)24(28)26-15-12-19-8-5-7-18-6-1-2-9-21(18)19/h1-11,20H,12-17H2,(H,26,28). The molecule has 0 spiro atoms. The van der Waals surface area contributed by atoms with Crippen LogP contribution in [0.4, 0.5) is 4.39 Å². The number of carbonyl (C=O) groups excluding carboxylic acids is 1. The second-order valence-corrected chi connectivity index (χ2v) is 9.69. The lowest BCUT2D eigenvalue weighted by molar-refractivity contribution is -0.126. The molecule has 0 atom stereocenters. The molecule has 1 N–H and O–H groups in total. The molecule has 1 fully saturated rings. The van der Waals surface area contributed by atoms with E-state index in [9.17, 15) is 17.6 Å². The highest BCUT2D eigenvalue weighted by Crippen LogP contribution is 2.25. The number of hydrogen-bond donors (Lipinski definition) is 1. The number of fused-ring (bicyclic) bond motifs is 1. The first-order chi connectivity index (χ1) is 15.0. The second-order valence-electron chi connectivity index (χ2n) is 7.79. The smallest absolute Gasteiger partial charge is 0.245 e. The van der Waals surface area contributed by atoms with Gasteiger partial charge in [0.05, 0.1) is 0 Å². The van der Waals surface area contributed by atoms with Crippen molar-refractivity contribution in [1.82, 2.24) is 9.62 Å². The second kappa shape index (κ2) is 9.16. The first kappa shape index (κ1) is 21.5. The number of amides is 1. The predicted molar refractivity (Wildman–Crippen MR) is 119 cm³/mol. The topological polar surface area (TPSA) is 66.5 Å². The Labute approximate surface area is 181 Å². The predicted octanol–water partition coefficient (Wildman–Crippen LogP) is 3.74. The molecular weight excluding hydrogens is 415 g/mol. The van der Waals surface area contributed by atoms with Gasteiger partial charge in [-0.25, -0.2) is 12.8 Å². The third-order valence-electron chi connectivity index (χ3n) is 5.85. The van der Waals surface area contributed by atoms with E-state index in [1.165, 1.54) is 38.8 Å². The minimum atomic E-state index is -3.89. The van der Waals surface area contributed by atoms with Crippen molar-refractivity contribution in [3.8, 4) is 0 Å². The molecule has 0 bridgehead atoms. The molecule has 0 radical (unpaired) electrons. The van der Waals surface area contributed by atoms with Crippen LogP contribution in [-0.4, -0.2) is 38.3 Å². The van der Waals surface area contributed by atoms with Gasteiger partial charge in [-0.2, -0.15) is 4.31 Å². The number of sulfonamides is 1. The molecule has 0 saturated carbocycles. The van der Waals surface area contributed by atoms with Crippen molar-refractivity contribution in [3.63, 3.8) is 0 Å². The van der Waals surface area contributed by atoms with Crippen molar-refractivity contribution >= 4 is 26.7 Å². The maximum Gasteiger partial charge on any atom is 0.245 e. The number of piperidine rings is 1. The van der Waals surface area contributed by atoms with Gasteiger partial charge in [-0.3, -0.25) is 4.79 Å². The lowest BCUT2D eigenvalue weighted by atomic mass is 9.97. The molecule has 162 valence electrons. The fourth-order valence-corrected chi connectivity index (χ4v) is 5.66. The van der Waals surface area contributed by atoms with Gasteiger partial charge in [-0.1, -0.05) is 54.6 Å². The third kappa shape index (κ3) is 4.62. The maximum absolute atomic E-state index is 14.0. The summed E-state index contributed by atoms with van der Waals surface area (Å²) in [5.41, 5.74) is 1.18. The van der Waals surface area contributed by atoms with Crippen LogP contribution in [0.15, 0.2) is 71.6 Å². The first-order valence-corrected chi connectivity index (χ1v) is 11.9. The molecule has 1 aliphatic heterocycles. The van der Waals surface area contributed by atoms with Gasteiger partial charge in [0.25, 0.3) is 0 Å². The number of hydrogen-bond acceptors (Lipinski definition) is 3. The van der Waals surface area contributed by atoms with Gasteiger partial charge < -0.3 is 5.32 Å². The van der Waals surface area contributed by atoms with Gasteiger partial charge >= 0.3 is 0 Å². The highest BCUT2D eigenvalue weighted by molar-refractivity contribution is 7.89. The summed E-state index contributed by atoms with van der Waals surface area (Å²) >= 11 is 0. The number of benzene rings is 3. The number of nitrogens with one attached hydrogen (secondary N) is 1. The summed E-state index contributed by atoms with van der Waals surface area (Å²) in [6, 6.07) is 19.7. The molecule has 3 aromatic carbocycles. The van der Waals surface area contributed by atoms with Crippen LogP contribution in [0.1, 0.15) is 18.4 Å². The summed E-state index contributed by atoms with van der Waals surface area (Å²) in [5, 5.41) is 5.35. The van der Waals surface area contributed by atoms with Crippen molar-refractivity contribution in [2.24, 2.45) is 5.92 Å². The SMILES string of the molecule is O=C(NCCc1cccc2ccccc12)C1CCN(S(=O)(=O)c2ccccc2F)CC1. The Bertz CT molecular complexity index is 1180. The van der Waals surface area contributed by atoms with E-state index in [2.05, 4.69) is 29.6 Å². The van der Waals surface area contributed by atoms with Crippen LogP contribution in [-0.2, 0) is 21.2 Å².